The Labute approximate surface area is 589 Å². The van der Waals surface area contributed by atoms with Gasteiger partial charge in [-0.25, -0.2) is 24.0 Å². The summed E-state index contributed by atoms with van der Waals surface area (Å²) in [6.45, 7) is 8.88. The molecule has 0 saturated carbocycles. The lowest BCUT2D eigenvalue weighted by Gasteiger charge is -2.20. The van der Waals surface area contributed by atoms with Crippen LogP contribution in [0.3, 0.4) is 0 Å². The number of hydrogen-bond acceptors (Lipinski definition) is 16. The van der Waals surface area contributed by atoms with Crippen molar-refractivity contribution in [2.45, 2.75) is 66.8 Å². The Morgan fingerprint density at radius 3 is 1.24 bits per heavy atom. The zero-order valence-electron chi connectivity index (χ0n) is 56.5. The highest BCUT2D eigenvalue weighted by atomic mass is 16.6. The summed E-state index contributed by atoms with van der Waals surface area (Å²) < 4.78 is 61.8. The quantitative estimate of drug-likeness (QED) is 0.0717. The van der Waals surface area contributed by atoms with Crippen molar-refractivity contribution in [2.24, 2.45) is 0 Å². The number of amides is 2. The Morgan fingerprint density at radius 2 is 0.748 bits per heavy atom. The third-order valence-corrected chi connectivity index (χ3v) is 16.7. The Bertz CT molecular complexity index is 5590. The molecule has 514 valence electrons. The minimum absolute atomic E-state index is 0.0919. The molecule has 0 radical (unpaired) electrons. The van der Waals surface area contributed by atoms with Gasteiger partial charge in [0, 0.05) is 74.7 Å². The SMILES string of the molecule is Cc1cc(=O)oc2cc(NC(=O)OCc3ccc(OC(c4ccccc4)c4ccccc4)cc3)ccc12.Cc1cc(=O)oc2cc(NC(=O)OCc3ccc(OCc4cc5ccccc5o4)cc3)ccc12.Cc1ccc2oc(COc3ccc(COc4ccc5c(C)cc(=O)oc5c4)cc3)cc2c1. The van der Waals surface area contributed by atoms with Gasteiger partial charge in [-0.15, -0.1) is 0 Å². The lowest BCUT2D eigenvalue weighted by Crippen LogP contribution is -2.13. The molecule has 5 heterocycles. The number of furan rings is 2. The van der Waals surface area contributed by atoms with Crippen LogP contribution in [0.15, 0.2) is 297 Å². The molecule has 0 atom stereocenters. The van der Waals surface area contributed by atoms with Crippen molar-refractivity contribution in [1.82, 2.24) is 0 Å². The fraction of sp³-hybridized carbons (Fsp3) is 0.118. The van der Waals surface area contributed by atoms with Crippen LogP contribution in [0.2, 0.25) is 0 Å². The zero-order valence-corrected chi connectivity index (χ0v) is 56.5. The van der Waals surface area contributed by atoms with E-state index in [0.29, 0.717) is 65.2 Å². The lowest BCUT2D eigenvalue weighted by atomic mass is 10.0. The van der Waals surface area contributed by atoms with Crippen molar-refractivity contribution < 1.29 is 60.1 Å². The molecule has 0 aliphatic rings. The van der Waals surface area contributed by atoms with E-state index in [0.717, 1.165) is 99.9 Å². The fourth-order valence-electron chi connectivity index (χ4n) is 11.4. The van der Waals surface area contributed by atoms with Gasteiger partial charge in [-0.1, -0.05) is 127 Å². The first-order valence-electron chi connectivity index (χ1n) is 33.0. The maximum Gasteiger partial charge on any atom is 0.411 e. The van der Waals surface area contributed by atoms with Crippen molar-refractivity contribution in [2.75, 3.05) is 10.6 Å². The maximum absolute atomic E-state index is 12.3. The van der Waals surface area contributed by atoms with Gasteiger partial charge in [0.25, 0.3) is 0 Å². The van der Waals surface area contributed by atoms with E-state index in [1.165, 1.54) is 23.8 Å². The molecule has 0 fully saturated rings. The molecule has 10 aromatic carbocycles. The van der Waals surface area contributed by atoms with Crippen LogP contribution in [-0.2, 0) is 42.5 Å². The molecular formula is C85H68N2O16. The van der Waals surface area contributed by atoms with Crippen molar-refractivity contribution in [3.05, 3.63) is 354 Å². The minimum Gasteiger partial charge on any atom is -0.489 e. The summed E-state index contributed by atoms with van der Waals surface area (Å²) in [7, 11) is 0. The van der Waals surface area contributed by atoms with E-state index in [1.807, 2.05) is 215 Å². The van der Waals surface area contributed by atoms with Crippen molar-refractivity contribution in [3.63, 3.8) is 0 Å². The second-order valence-corrected chi connectivity index (χ2v) is 24.3. The molecule has 2 amide bonds. The van der Waals surface area contributed by atoms with Gasteiger partial charge in [-0.3, -0.25) is 10.6 Å². The van der Waals surface area contributed by atoms with Crippen LogP contribution in [0.5, 0.6) is 23.0 Å². The number of para-hydroxylation sites is 1. The normalized spacial score (nSPS) is 11.0. The summed E-state index contributed by atoms with van der Waals surface area (Å²) in [6, 6.07) is 80.6. The number of rotatable bonds is 19. The number of anilines is 2. The first-order valence-corrected chi connectivity index (χ1v) is 33.0. The van der Waals surface area contributed by atoms with Gasteiger partial charge >= 0.3 is 29.1 Å². The van der Waals surface area contributed by atoms with Crippen molar-refractivity contribution >= 4 is 78.4 Å². The van der Waals surface area contributed by atoms with E-state index in [1.54, 1.807) is 42.5 Å². The van der Waals surface area contributed by atoms with Gasteiger partial charge < -0.3 is 50.5 Å². The fourth-order valence-corrected chi connectivity index (χ4v) is 11.4. The van der Waals surface area contributed by atoms with Crippen LogP contribution < -0.4 is 46.5 Å². The van der Waals surface area contributed by atoms with Crippen molar-refractivity contribution in [3.8, 4) is 23.0 Å². The van der Waals surface area contributed by atoms with Gasteiger partial charge in [0.15, 0.2) is 0 Å². The molecule has 18 heteroatoms. The van der Waals surface area contributed by atoms with E-state index in [4.69, 9.17) is 50.5 Å². The number of nitrogens with one attached hydrogen (secondary N) is 2. The third-order valence-electron chi connectivity index (χ3n) is 16.7. The zero-order chi connectivity index (χ0) is 71.2. The summed E-state index contributed by atoms with van der Waals surface area (Å²) >= 11 is 0. The smallest absolute Gasteiger partial charge is 0.411 e. The van der Waals surface area contributed by atoms with Crippen LogP contribution >= 0.6 is 0 Å². The molecule has 0 unspecified atom stereocenters. The molecule has 2 N–H and O–H groups in total. The van der Waals surface area contributed by atoms with E-state index >= 15 is 0 Å². The van der Waals surface area contributed by atoms with E-state index < -0.39 is 23.4 Å². The van der Waals surface area contributed by atoms with Crippen molar-refractivity contribution in [1.29, 1.82) is 0 Å². The standard InChI is InChI=1S/C31H25NO5.C27H21NO6.C27H22O5/c1-21-18-29(33)37-28-19-25(14-17-27(21)28)32-31(34)35-20-22-12-15-26(16-13-22)36-30(23-8-4-2-5-9-23)24-10-6-3-7-11-24;1-17-12-26(29)34-25-14-20(8-11-23(17)25)28-27(30)32-15-18-6-9-21(10-7-18)31-16-22-13-19-4-2-3-5-24(19)33-22;1-17-3-10-25-20(11-17)13-23(31-25)16-30-21-6-4-19(5-7-21)15-29-22-8-9-24-18(2)12-27(28)32-26(24)14-22/h2-19,30H,20H2,1H3,(H,32,34);2-14H,15-16H2,1H3,(H,28,30);3-14H,15-16H2,1-2H3. The molecule has 15 aromatic rings. The summed E-state index contributed by atoms with van der Waals surface area (Å²) in [5.41, 5.74) is 11.2. The Hall–Kier alpha value is -13.4. The van der Waals surface area contributed by atoms with Gasteiger partial charge in [0.05, 0.1) is 0 Å². The largest absolute Gasteiger partial charge is 0.489 e. The lowest BCUT2D eigenvalue weighted by molar-refractivity contribution is 0.154. The molecule has 15 rings (SSSR count). The Morgan fingerprint density at radius 1 is 0.340 bits per heavy atom. The predicted octanol–water partition coefficient (Wildman–Crippen LogP) is 19.5. The monoisotopic (exact) mass is 1370 g/mol. The molecule has 0 saturated heterocycles. The maximum atomic E-state index is 12.3. The van der Waals surface area contributed by atoms with Crippen LogP contribution in [-0.4, -0.2) is 12.2 Å². The first kappa shape index (κ1) is 68.2. The van der Waals surface area contributed by atoms with Crippen LogP contribution in [0.1, 0.15) is 67.7 Å². The third kappa shape index (κ3) is 17.9. The number of carbonyl (C=O) groups is 2. The highest BCUT2D eigenvalue weighted by Crippen LogP contribution is 2.31. The second-order valence-electron chi connectivity index (χ2n) is 24.3. The molecule has 5 aromatic heterocycles. The van der Waals surface area contributed by atoms with Gasteiger partial charge in [-0.2, -0.15) is 0 Å². The van der Waals surface area contributed by atoms with Gasteiger partial charge in [-0.05, 0) is 175 Å². The summed E-state index contributed by atoms with van der Waals surface area (Å²) in [4.78, 5) is 59.3. The molecule has 0 spiro atoms. The average molecular weight is 1370 g/mol. The highest BCUT2D eigenvalue weighted by Gasteiger charge is 2.17. The molecule has 0 aliphatic heterocycles. The average Bonchev–Trinajstić information content (AvgIpc) is 1.78. The Kier molecular flexibility index (Phi) is 21.0. The van der Waals surface area contributed by atoms with E-state index in [2.05, 4.69) is 23.6 Å². The number of carbonyl (C=O) groups excluding carboxylic acids is 2. The van der Waals surface area contributed by atoms with E-state index in [-0.39, 0.29) is 24.9 Å². The number of aryl methyl sites for hydroxylation is 4. The number of benzene rings is 10. The van der Waals surface area contributed by atoms with Crippen LogP contribution in [0.25, 0.3) is 54.8 Å². The predicted molar refractivity (Wildman–Crippen MR) is 394 cm³/mol. The molecule has 0 aliphatic carbocycles. The van der Waals surface area contributed by atoms with Crippen LogP contribution in [0.4, 0.5) is 21.0 Å². The number of hydrogen-bond donors (Lipinski definition) is 2. The summed E-state index contributed by atoms with van der Waals surface area (Å²) in [6.07, 6.45) is -1.46. The molecule has 0 bridgehead atoms. The number of fused-ring (bicyclic) bond motifs is 5. The molecule has 18 nitrogen and oxygen atoms in total. The Balaban J connectivity index is 0.000000138. The summed E-state index contributed by atoms with van der Waals surface area (Å²) in [5.74, 6) is 4.32. The first-order chi connectivity index (χ1) is 50.1. The minimum atomic E-state index is -0.612. The number of ether oxygens (including phenoxy) is 6. The van der Waals surface area contributed by atoms with E-state index in [9.17, 15) is 24.0 Å². The van der Waals surface area contributed by atoms with Crippen LogP contribution in [0, 0.1) is 27.7 Å². The summed E-state index contributed by atoms with van der Waals surface area (Å²) in [5, 5.41) is 9.95. The highest BCUT2D eigenvalue weighted by molar-refractivity contribution is 5.91. The molecule has 103 heavy (non-hydrogen) atoms. The topological polar surface area (TPSA) is 230 Å². The van der Waals surface area contributed by atoms with Gasteiger partial charge in [0.1, 0.15) is 102 Å². The van der Waals surface area contributed by atoms with Gasteiger partial charge in [0.2, 0.25) is 0 Å². The molecular weight excluding hydrogens is 1300 g/mol. The second kappa shape index (κ2) is 31.7.